The molecule has 0 saturated heterocycles. The Morgan fingerprint density at radius 3 is 2.89 bits per heavy atom. The van der Waals surface area contributed by atoms with Gasteiger partial charge in [-0.05, 0) is 56.1 Å². The van der Waals surface area contributed by atoms with Crippen molar-refractivity contribution < 1.29 is 0 Å². The minimum absolute atomic E-state index is 0.438. The molecule has 4 heteroatoms. The molecule has 3 rings (SSSR count). The SMILES string of the molecule is Cc1cc(C(N)=S)cc(NCC2CC3CCC2C3)n1. The molecule has 0 aliphatic heterocycles. The van der Waals surface area contributed by atoms with E-state index in [-0.39, 0.29) is 0 Å². The van der Waals surface area contributed by atoms with Gasteiger partial charge in [-0.1, -0.05) is 18.6 Å². The van der Waals surface area contributed by atoms with Crippen LogP contribution in [0.25, 0.3) is 0 Å². The van der Waals surface area contributed by atoms with Crippen molar-refractivity contribution in [2.75, 3.05) is 11.9 Å². The second-order valence-corrected chi connectivity index (χ2v) is 6.50. The van der Waals surface area contributed by atoms with Crippen LogP contribution >= 0.6 is 12.2 Å². The minimum Gasteiger partial charge on any atom is -0.389 e. The summed E-state index contributed by atoms with van der Waals surface area (Å²) in [5.41, 5.74) is 7.55. The van der Waals surface area contributed by atoms with Gasteiger partial charge in [0.1, 0.15) is 10.8 Å². The Kier molecular flexibility index (Phi) is 3.44. The topological polar surface area (TPSA) is 50.9 Å². The molecule has 3 nitrogen and oxygen atoms in total. The van der Waals surface area contributed by atoms with E-state index in [1.165, 1.54) is 25.7 Å². The predicted molar refractivity (Wildman–Crippen MR) is 82.3 cm³/mol. The Bertz CT molecular complexity index is 500. The third kappa shape index (κ3) is 2.73. The van der Waals surface area contributed by atoms with Crippen LogP contribution < -0.4 is 11.1 Å². The maximum atomic E-state index is 5.70. The Labute approximate surface area is 120 Å². The van der Waals surface area contributed by atoms with E-state index in [2.05, 4.69) is 10.3 Å². The van der Waals surface area contributed by atoms with Gasteiger partial charge in [-0.2, -0.15) is 0 Å². The van der Waals surface area contributed by atoms with E-state index >= 15 is 0 Å². The lowest BCUT2D eigenvalue weighted by atomic mass is 9.89. The van der Waals surface area contributed by atoms with Gasteiger partial charge in [0.05, 0.1) is 0 Å². The summed E-state index contributed by atoms with van der Waals surface area (Å²) in [4.78, 5) is 4.95. The van der Waals surface area contributed by atoms with E-state index in [1.807, 2.05) is 19.1 Å². The van der Waals surface area contributed by atoms with Crippen molar-refractivity contribution in [2.45, 2.75) is 32.6 Å². The number of fused-ring (bicyclic) bond motifs is 2. The van der Waals surface area contributed by atoms with E-state index < -0.39 is 0 Å². The average molecular weight is 275 g/mol. The molecule has 1 heterocycles. The number of nitrogens with zero attached hydrogens (tertiary/aromatic N) is 1. The molecular formula is C15H21N3S. The minimum atomic E-state index is 0.438. The number of aromatic nitrogens is 1. The molecule has 0 spiro atoms. The van der Waals surface area contributed by atoms with Crippen molar-refractivity contribution in [3.05, 3.63) is 23.4 Å². The summed E-state index contributed by atoms with van der Waals surface area (Å²) < 4.78 is 0. The highest BCUT2D eigenvalue weighted by Crippen LogP contribution is 2.48. The first-order valence-corrected chi connectivity index (χ1v) is 7.55. The van der Waals surface area contributed by atoms with E-state index in [1.54, 1.807) is 0 Å². The summed E-state index contributed by atoms with van der Waals surface area (Å²) in [7, 11) is 0. The van der Waals surface area contributed by atoms with Gasteiger partial charge in [0.2, 0.25) is 0 Å². The fourth-order valence-electron chi connectivity index (χ4n) is 3.76. The summed E-state index contributed by atoms with van der Waals surface area (Å²) in [5.74, 6) is 3.67. The number of aryl methyl sites for hydroxylation is 1. The van der Waals surface area contributed by atoms with Crippen LogP contribution in [0.3, 0.4) is 0 Å². The first kappa shape index (κ1) is 12.9. The van der Waals surface area contributed by atoms with Gasteiger partial charge in [-0.15, -0.1) is 0 Å². The number of nitrogens with one attached hydrogen (secondary N) is 1. The van der Waals surface area contributed by atoms with Gasteiger partial charge in [-0.25, -0.2) is 4.98 Å². The molecule has 1 aromatic rings. The lowest BCUT2D eigenvalue weighted by Gasteiger charge is -2.22. The van der Waals surface area contributed by atoms with Gasteiger partial charge in [0.15, 0.2) is 0 Å². The van der Waals surface area contributed by atoms with Crippen LogP contribution in [0.2, 0.25) is 0 Å². The monoisotopic (exact) mass is 275 g/mol. The van der Waals surface area contributed by atoms with Crippen molar-refractivity contribution >= 4 is 23.0 Å². The Morgan fingerprint density at radius 1 is 1.42 bits per heavy atom. The molecule has 2 bridgehead atoms. The smallest absolute Gasteiger partial charge is 0.126 e. The number of hydrogen-bond acceptors (Lipinski definition) is 3. The molecule has 102 valence electrons. The Balaban J connectivity index is 1.65. The molecule has 0 aromatic carbocycles. The van der Waals surface area contributed by atoms with E-state index in [9.17, 15) is 0 Å². The number of hydrogen-bond donors (Lipinski definition) is 2. The van der Waals surface area contributed by atoms with Crippen molar-refractivity contribution in [3.8, 4) is 0 Å². The molecule has 3 atom stereocenters. The van der Waals surface area contributed by atoms with Gasteiger partial charge in [0.25, 0.3) is 0 Å². The van der Waals surface area contributed by atoms with Gasteiger partial charge < -0.3 is 11.1 Å². The molecule has 19 heavy (non-hydrogen) atoms. The zero-order chi connectivity index (χ0) is 13.4. The lowest BCUT2D eigenvalue weighted by molar-refractivity contribution is 0.348. The molecule has 2 saturated carbocycles. The lowest BCUT2D eigenvalue weighted by Crippen LogP contribution is -2.21. The van der Waals surface area contributed by atoms with Crippen LogP contribution in [0, 0.1) is 24.7 Å². The quantitative estimate of drug-likeness (QED) is 0.830. The molecule has 0 radical (unpaired) electrons. The van der Waals surface area contributed by atoms with Gasteiger partial charge in [0, 0.05) is 17.8 Å². The third-order valence-corrected chi connectivity index (χ3v) is 4.90. The molecule has 2 fully saturated rings. The average Bonchev–Trinajstić information content (AvgIpc) is 2.97. The number of thiocarbonyl (C=S) groups is 1. The molecular weight excluding hydrogens is 254 g/mol. The fraction of sp³-hybridized carbons (Fsp3) is 0.600. The third-order valence-electron chi connectivity index (χ3n) is 4.67. The van der Waals surface area contributed by atoms with E-state index in [0.717, 1.165) is 41.4 Å². The van der Waals surface area contributed by atoms with Crippen LogP contribution in [0.5, 0.6) is 0 Å². The molecule has 3 N–H and O–H groups in total. The predicted octanol–water partition coefficient (Wildman–Crippen LogP) is 2.87. The molecule has 3 unspecified atom stereocenters. The van der Waals surface area contributed by atoms with Crippen LogP contribution in [0.1, 0.15) is 36.9 Å². The zero-order valence-corrected chi connectivity index (χ0v) is 12.2. The summed E-state index contributed by atoms with van der Waals surface area (Å²) in [6, 6.07) is 3.90. The van der Waals surface area contributed by atoms with Crippen LogP contribution in [-0.4, -0.2) is 16.5 Å². The van der Waals surface area contributed by atoms with E-state index in [4.69, 9.17) is 18.0 Å². The highest BCUT2D eigenvalue weighted by atomic mass is 32.1. The highest BCUT2D eigenvalue weighted by Gasteiger charge is 2.39. The van der Waals surface area contributed by atoms with E-state index in [0.29, 0.717) is 4.99 Å². The molecule has 2 aliphatic carbocycles. The maximum absolute atomic E-state index is 5.70. The molecule has 1 aromatic heterocycles. The normalized spacial score (nSPS) is 28.6. The van der Waals surface area contributed by atoms with Crippen LogP contribution in [0.4, 0.5) is 5.82 Å². The second-order valence-electron chi connectivity index (χ2n) is 6.06. The summed E-state index contributed by atoms with van der Waals surface area (Å²) in [6.45, 7) is 3.01. The highest BCUT2D eigenvalue weighted by molar-refractivity contribution is 7.80. The Morgan fingerprint density at radius 2 is 2.26 bits per heavy atom. The summed E-state index contributed by atoms with van der Waals surface area (Å²) >= 11 is 5.04. The largest absolute Gasteiger partial charge is 0.389 e. The van der Waals surface area contributed by atoms with Crippen molar-refractivity contribution in [1.29, 1.82) is 0 Å². The first-order chi connectivity index (χ1) is 9.11. The molecule has 2 aliphatic rings. The van der Waals surface area contributed by atoms with Crippen molar-refractivity contribution in [1.82, 2.24) is 4.98 Å². The van der Waals surface area contributed by atoms with Crippen molar-refractivity contribution in [3.63, 3.8) is 0 Å². The summed E-state index contributed by atoms with van der Waals surface area (Å²) in [5, 5.41) is 3.48. The fourth-order valence-corrected chi connectivity index (χ4v) is 3.88. The number of rotatable bonds is 4. The van der Waals surface area contributed by atoms with Gasteiger partial charge in [-0.3, -0.25) is 0 Å². The maximum Gasteiger partial charge on any atom is 0.126 e. The second kappa shape index (κ2) is 5.08. The summed E-state index contributed by atoms with van der Waals surface area (Å²) in [6.07, 6.45) is 5.73. The standard InChI is InChI=1S/C15H21N3S/c1-9-4-12(15(16)19)7-14(18-9)17-8-13-6-10-2-3-11(13)5-10/h4,7,10-11,13H,2-3,5-6,8H2,1H3,(H2,16,19)(H,17,18). The zero-order valence-electron chi connectivity index (χ0n) is 11.4. The van der Waals surface area contributed by atoms with Gasteiger partial charge >= 0.3 is 0 Å². The van der Waals surface area contributed by atoms with Crippen LogP contribution in [-0.2, 0) is 0 Å². The molecule has 0 amide bonds. The first-order valence-electron chi connectivity index (χ1n) is 7.14. The number of anilines is 1. The number of nitrogens with two attached hydrogens (primary N) is 1. The Hall–Kier alpha value is -1.16. The van der Waals surface area contributed by atoms with Crippen molar-refractivity contribution in [2.24, 2.45) is 23.5 Å². The van der Waals surface area contributed by atoms with Crippen LogP contribution in [0.15, 0.2) is 12.1 Å². The number of pyridine rings is 1.